The molecule has 0 aromatic heterocycles. The molecule has 2 aliphatic rings. The summed E-state index contributed by atoms with van der Waals surface area (Å²) < 4.78 is 41.5. The zero-order chi connectivity index (χ0) is 24.0. The van der Waals surface area contributed by atoms with Gasteiger partial charge in [-0.05, 0) is 74.0 Å². The van der Waals surface area contributed by atoms with Crippen LogP contribution < -0.4 is 15.4 Å². The van der Waals surface area contributed by atoms with Crippen molar-refractivity contribution in [1.29, 1.82) is 0 Å². The molecule has 8 nitrogen and oxygen atoms in total. The third kappa shape index (κ3) is 6.43. The van der Waals surface area contributed by atoms with Crippen molar-refractivity contribution in [2.45, 2.75) is 17.7 Å². The third-order valence-corrected chi connectivity index (χ3v) is 7.09. The smallest absolute Gasteiger partial charge is 0.240 e. The van der Waals surface area contributed by atoms with Gasteiger partial charge in [-0.25, -0.2) is 22.5 Å². The SMILES string of the molecule is O=S(=O)(NCCN1CCCC1)c1ccc(NC2=NCC(/C=C/c3cc(O)ccc3F)=CN2)cc1. The number of phenolic OH excluding ortho intramolecular Hbond substituents is 1. The van der Waals surface area contributed by atoms with Crippen LogP contribution in [-0.4, -0.2) is 57.1 Å². The molecule has 2 aromatic carbocycles. The van der Waals surface area contributed by atoms with E-state index in [9.17, 15) is 17.9 Å². The van der Waals surface area contributed by atoms with Crippen LogP contribution in [0.2, 0.25) is 0 Å². The van der Waals surface area contributed by atoms with Gasteiger partial charge in [-0.2, -0.15) is 0 Å². The Kier molecular flexibility index (Phi) is 7.61. The second-order valence-electron chi connectivity index (χ2n) is 8.16. The van der Waals surface area contributed by atoms with Crippen LogP contribution in [0, 0.1) is 5.82 Å². The Balaban J connectivity index is 1.28. The van der Waals surface area contributed by atoms with E-state index in [0.29, 0.717) is 24.7 Å². The number of anilines is 1. The molecular weight excluding hydrogens is 457 g/mol. The second-order valence-corrected chi connectivity index (χ2v) is 9.93. The number of hydrogen-bond acceptors (Lipinski definition) is 7. The molecule has 10 heteroatoms. The highest BCUT2D eigenvalue weighted by Crippen LogP contribution is 2.18. The molecule has 0 saturated carbocycles. The van der Waals surface area contributed by atoms with Crippen LogP contribution >= 0.6 is 0 Å². The summed E-state index contributed by atoms with van der Waals surface area (Å²) in [4.78, 5) is 6.87. The fourth-order valence-corrected chi connectivity index (χ4v) is 4.76. The number of likely N-dealkylation sites (tertiary alicyclic amines) is 1. The molecule has 2 heterocycles. The topological polar surface area (TPSA) is 106 Å². The van der Waals surface area contributed by atoms with E-state index in [1.54, 1.807) is 42.6 Å². The Morgan fingerprint density at radius 3 is 2.59 bits per heavy atom. The fraction of sp³-hybridized carbons (Fsp3) is 0.292. The van der Waals surface area contributed by atoms with E-state index in [1.165, 1.54) is 31.0 Å². The maximum atomic E-state index is 13.8. The van der Waals surface area contributed by atoms with Gasteiger partial charge in [0.25, 0.3) is 0 Å². The van der Waals surface area contributed by atoms with Crippen molar-refractivity contribution in [1.82, 2.24) is 14.9 Å². The largest absolute Gasteiger partial charge is 0.508 e. The summed E-state index contributed by atoms with van der Waals surface area (Å²) in [5.74, 6) is 0.0922. The summed E-state index contributed by atoms with van der Waals surface area (Å²) in [6.07, 6.45) is 7.40. The van der Waals surface area contributed by atoms with E-state index in [2.05, 4.69) is 25.2 Å². The van der Waals surface area contributed by atoms with Gasteiger partial charge in [0.2, 0.25) is 10.0 Å². The highest BCUT2D eigenvalue weighted by Gasteiger charge is 2.16. The van der Waals surface area contributed by atoms with Crippen LogP contribution in [-0.2, 0) is 10.0 Å². The summed E-state index contributed by atoms with van der Waals surface area (Å²) in [6, 6.07) is 10.3. The molecule has 1 saturated heterocycles. The minimum atomic E-state index is -3.55. The molecule has 0 bridgehead atoms. The second kappa shape index (κ2) is 10.8. The van der Waals surface area contributed by atoms with Gasteiger partial charge >= 0.3 is 0 Å². The molecule has 1 fully saturated rings. The first kappa shape index (κ1) is 23.9. The normalized spacial score (nSPS) is 16.9. The highest BCUT2D eigenvalue weighted by molar-refractivity contribution is 7.89. The minimum Gasteiger partial charge on any atom is -0.508 e. The van der Waals surface area contributed by atoms with E-state index in [0.717, 1.165) is 25.2 Å². The lowest BCUT2D eigenvalue weighted by atomic mass is 10.1. The number of hydrogen-bond donors (Lipinski definition) is 4. The van der Waals surface area contributed by atoms with E-state index >= 15 is 0 Å². The molecule has 0 aliphatic carbocycles. The molecule has 0 spiro atoms. The van der Waals surface area contributed by atoms with Crippen LogP contribution in [0.4, 0.5) is 10.1 Å². The Hall–Kier alpha value is -3.21. The quantitative estimate of drug-likeness (QED) is 0.458. The van der Waals surface area contributed by atoms with Crippen LogP contribution in [0.5, 0.6) is 5.75 Å². The molecule has 2 aliphatic heterocycles. The van der Waals surface area contributed by atoms with Crippen molar-refractivity contribution in [3.63, 3.8) is 0 Å². The predicted octanol–water partition coefficient (Wildman–Crippen LogP) is 2.87. The number of rotatable bonds is 8. The van der Waals surface area contributed by atoms with Crippen molar-refractivity contribution in [3.8, 4) is 5.75 Å². The Morgan fingerprint density at radius 2 is 1.88 bits per heavy atom. The molecule has 180 valence electrons. The number of nitrogens with one attached hydrogen (secondary N) is 3. The summed E-state index contributed by atoms with van der Waals surface area (Å²) in [6.45, 7) is 3.55. The molecule has 0 unspecified atom stereocenters. The van der Waals surface area contributed by atoms with E-state index in [-0.39, 0.29) is 16.2 Å². The summed E-state index contributed by atoms with van der Waals surface area (Å²) in [7, 11) is -3.55. The lowest BCUT2D eigenvalue weighted by Gasteiger charge is -2.16. The number of phenols is 1. The average Bonchev–Trinajstić information content (AvgIpc) is 3.34. The van der Waals surface area contributed by atoms with Crippen molar-refractivity contribution >= 4 is 27.7 Å². The monoisotopic (exact) mass is 485 g/mol. The fourth-order valence-electron chi connectivity index (χ4n) is 3.74. The maximum absolute atomic E-state index is 13.8. The van der Waals surface area contributed by atoms with Crippen LogP contribution in [0.1, 0.15) is 18.4 Å². The number of guanidine groups is 1. The van der Waals surface area contributed by atoms with Crippen molar-refractivity contribution in [2.75, 3.05) is 38.0 Å². The zero-order valence-corrected chi connectivity index (χ0v) is 19.5. The van der Waals surface area contributed by atoms with Crippen LogP contribution in [0.25, 0.3) is 6.08 Å². The number of sulfonamides is 1. The van der Waals surface area contributed by atoms with Crippen molar-refractivity contribution in [3.05, 3.63) is 71.7 Å². The molecular formula is C24H28FN5O3S. The summed E-state index contributed by atoms with van der Waals surface area (Å²) >= 11 is 0. The predicted molar refractivity (Wildman–Crippen MR) is 132 cm³/mol. The lowest BCUT2D eigenvalue weighted by Crippen LogP contribution is -2.33. The van der Waals surface area contributed by atoms with E-state index < -0.39 is 15.8 Å². The molecule has 0 atom stereocenters. The van der Waals surface area contributed by atoms with Crippen LogP contribution in [0.3, 0.4) is 0 Å². The maximum Gasteiger partial charge on any atom is 0.240 e. The summed E-state index contributed by atoms with van der Waals surface area (Å²) in [5, 5.41) is 15.6. The number of benzene rings is 2. The summed E-state index contributed by atoms with van der Waals surface area (Å²) in [5.41, 5.74) is 1.81. The van der Waals surface area contributed by atoms with Gasteiger partial charge in [-0.1, -0.05) is 12.2 Å². The Bertz CT molecular complexity index is 1200. The minimum absolute atomic E-state index is 0.00187. The van der Waals surface area contributed by atoms with Crippen molar-refractivity contribution in [2.24, 2.45) is 4.99 Å². The molecule has 2 aromatic rings. The number of halogens is 1. The zero-order valence-electron chi connectivity index (χ0n) is 18.7. The van der Waals surface area contributed by atoms with Crippen LogP contribution in [0.15, 0.2) is 70.2 Å². The van der Waals surface area contributed by atoms with Gasteiger partial charge in [0, 0.05) is 30.5 Å². The molecule has 0 radical (unpaired) electrons. The van der Waals surface area contributed by atoms with Gasteiger partial charge < -0.3 is 20.6 Å². The van der Waals surface area contributed by atoms with Gasteiger partial charge in [-0.3, -0.25) is 0 Å². The first-order chi connectivity index (χ1) is 16.4. The standard InChI is InChI=1S/C24H28FN5O3S/c25-23-10-7-21(31)15-19(23)4-3-18-16-26-24(27-17-18)29-20-5-8-22(9-6-20)34(32,33)28-11-14-30-12-1-2-13-30/h3-10,15-16,28,31H,1-2,11-14,17H2,(H2,26,27,29)/b4-3+. The van der Waals surface area contributed by atoms with Crippen molar-refractivity contribution < 1.29 is 17.9 Å². The van der Waals surface area contributed by atoms with Gasteiger partial charge in [-0.15, -0.1) is 0 Å². The number of aliphatic imine (C=N–C) groups is 1. The van der Waals surface area contributed by atoms with Gasteiger partial charge in [0.15, 0.2) is 5.96 Å². The molecule has 4 rings (SSSR count). The van der Waals surface area contributed by atoms with Gasteiger partial charge in [0.1, 0.15) is 11.6 Å². The first-order valence-corrected chi connectivity index (χ1v) is 12.6. The average molecular weight is 486 g/mol. The molecule has 4 N–H and O–H groups in total. The van der Waals surface area contributed by atoms with E-state index in [4.69, 9.17) is 0 Å². The van der Waals surface area contributed by atoms with E-state index in [1.807, 2.05) is 0 Å². The first-order valence-electron chi connectivity index (χ1n) is 11.1. The highest BCUT2D eigenvalue weighted by atomic mass is 32.2. The third-order valence-electron chi connectivity index (χ3n) is 5.62. The Morgan fingerprint density at radius 1 is 1.12 bits per heavy atom. The van der Waals surface area contributed by atoms with Gasteiger partial charge in [0.05, 0.1) is 11.4 Å². The lowest BCUT2D eigenvalue weighted by molar-refractivity contribution is 0.344. The Labute approximate surface area is 199 Å². The molecule has 34 heavy (non-hydrogen) atoms. The number of aromatic hydroxyl groups is 1. The molecule has 0 amide bonds. The number of nitrogens with zero attached hydrogens (tertiary/aromatic N) is 2.